The van der Waals surface area contributed by atoms with Gasteiger partial charge in [0.25, 0.3) is 0 Å². The van der Waals surface area contributed by atoms with Gasteiger partial charge in [-0.15, -0.1) is 12.4 Å². The number of likely N-dealkylation sites (tertiary alicyclic amines) is 1. The molecule has 2 saturated heterocycles. The summed E-state index contributed by atoms with van der Waals surface area (Å²) in [5, 5.41) is 9.31. The van der Waals surface area contributed by atoms with E-state index in [1.165, 1.54) is 12.8 Å². The average Bonchev–Trinajstić information content (AvgIpc) is 2.70. The Kier molecular flexibility index (Phi) is 9.06. The van der Waals surface area contributed by atoms with Crippen LogP contribution in [0.2, 0.25) is 0 Å². The predicted octanol–water partition coefficient (Wildman–Crippen LogP) is 3.25. The fourth-order valence-electron chi connectivity index (χ4n) is 4.08. The molecule has 3 amide bonds. The Morgan fingerprint density at radius 2 is 1.89 bits per heavy atom. The van der Waals surface area contributed by atoms with Crippen molar-refractivity contribution < 1.29 is 9.59 Å². The number of carbonyl (C=O) groups is 2. The summed E-state index contributed by atoms with van der Waals surface area (Å²) in [6.07, 6.45) is 4.70. The Balaban J connectivity index is 0.00000280. The van der Waals surface area contributed by atoms with Gasteiger partial charge in [0, 0.05) is 31.2 Å². The van der Waals surface area contributed by atoms with Gasteiger partial charge in [-0.3, -0.25) is 4.79 Å². The van der Waals surface area contributed by atoms with Gasteiger partial charge in [-0.1, -0.05) is 25.1 Å². The molecule has 28 heavy (non-hydrogen) atoms. The molecule has 1 aromatic rings. The van der Waals surface area contributed by atoms with Gasteiger partial charge in [0.15, 0.2) is 0 Å². The first-order valence-electron chi connectivity index (χ1n) is 10.2. The topological polar surface area (TPSA) is 73.5 Å². The minimum Gasteiger partial charge on any atom is -0.343 e. The zero-order chi connectivity index (χ0) is 19.1. The zero-order valence-corrected chi connectivity index (χ0v) is 17.5. The molecular weight excluding hydrogens is 376 g/mol. The number of nitrogens with zero attached hydrogens (tertiary/aromatic N) is 1. The second kappa shape index (κ2) is 11.3. The number of piperidine rings is 2. The maximum atomic E-state index is 12.6. The smallest absolute Gasteiger partial charge is 0.319 e. The Labute approximate surface area is 174 Å². The molecule has 2 heterocycles. The molecule has 0 spiro atoms. The molecule has 2 atom stereocenters. The van der Waals surface area contributed by atoms with E-state index in [9.17, 15) is 9.59 Å². The summed E-state index contributed by atoms with van der Waals surface area (Å²) in [7, 11) is 0. The number of hydrogen-bond donors (Lipinski definition) is 3. The number of amides is 3. The quantitative estimate of drug-likeness (QED) is 0.700. The molecule has 0 aliphatic carbocycles. The van der Waals surface area contributed by atoms with Gasteiger partial charge in [0.1, 0.15) is 0 Å². The van der Waals surface area contributed by atoms with Crippen molar-refractivity contribution in [2.75, 3.05) is 31.5 Å². The average molecular weight is 409 g/mol. The molecule has 0 saturated carbocycles. The van der Waals surface area contributed by atoms with Crippen LogP contribution in [0.3, 0.4) is 0 Å². The number of carbonyl (C=O) groups excluding carboxylic acids is 2. The van der Waals surface area contributed by atoms with Gasteiger partial charge in [-0.2, -0.15) is 0 Å². The number of hydrogen-bond acceptors (Lipinski definition) is 3. The lowest BCUT2D eigenvalue weighted by Crippen LogP contribution is -2.48. The van der Waals surface area contributed by atoms with Crippen molar-refractivity contribution in [2.24, 2.45) is 11.8 Å². The molecule has 156 valence electrons. The Bertz CT molecular complexity index is 614. The lowest BCUT2D eigenvalue weighted by Gasteiger charge is -2.34. The number of benzene rings is 1. The lowest BCUT2D eigenvalue weighted by atomic mass is 9.85. The maximum absolute atomic E-state index is 12.6. The van der Waals surface area contributed by atoms with Crippen LogP contribution in [0.4, 0.5) is 10.5 Å². The monoisotopic (exact) mass is 408 g/mol. The van der Waals surface area contributed by atoms with Crippen LogP contribution in [-0.4, -0.2) is 49.1 Å². The van der Waals surface area contributed by atoms with Crippen LogP contribution >= 0.6 is 12.4 Å². The van der Waals surface area contributed by atoms with Crippen molar-refractivity contribution in [3.8, 4) is 0 Å². The Morgan fingerprint density at radius 1 is 1.18 bits per heavy atom. The molecule has 2 aliphatic rings. The SMILES string of the molecule is CC(CC(=O)N1CCC(NC(=O)Nc2ccccc2)CC1)C1CCCNC1.Cl. The van der Waals surface area contributed by atoms with Crippen molar-refractivity contribution in [3.63, 3.8) is 0 Å². The van der Waals surface area contributed by atoms with Gasteiger partial charge in [0.2, 0.25) is 5.91 Å². The highest BCUT2D eigenvalue weighted by molar-refractivity contribution is 5.89. The minimum absolute atomic E-state index is 0. The largest absolute Gasteiger partial charge is 0.343 e. The molecular formula is C21H33ClN4O2. The maximum Gasteiger partial charge on any atom is 0.319 e. The third-order valence-electron chi connectivity index (χ3n) is 5.85. The van der Waals surface area contributed by atoms with Crippen LogP contribution in [0.1, 0.15) is 39.0 Å². The van der Waals surface area contributed by atoms with Crippen LogP contribution in [0.15, 0.2) is 30.3 Å². The first kappa shape index (κ1) is 22.5. The third kappa shape index (κ3) is 6.67. The van der Waals surface area contributed by atoms with E-state index in [-0.39, 0.29) is 30.4 Å². The standard InChI is InChI=1S/C21H32N4O2.ClH/c1-16(17-6-5-11-22-15-17)14-20(26)25-12-9-19(10-13-25)24-21(27)23-18-7-3-2-4-8-18;/h2-4,7-8,16-17,19,22H,5-6,9-15H2,1H3,(H2,23,24,27);1H. The summed E-state index contributed by atoms with van der Waals surface area (Å²) >= 11 is 0. The van der Waals surface area contributed by atoms with Crippen LogP contribution < -0.4 is 16.0 Å². The molecule has 2 fully saturated rings. The van der Waals surface area contributed by atoms with Crippen molar-refractivity contribution >= 4 is 30.0 Å². The molecule has 0 radical (unpaired) electrons. The third-order valence-corrected chi connectivity index (χ3v) is 5.85. The Hall–Kier alpha value is -1.79. The number of nitrogens with one attached hydrogen (secondary N) is 3. The van der Waals surface area contributed by atoms with Crippen molar-refractivity contribution in [2.45, 2.75) is 45.1 Å². The highest BCUT2D eigenvalue weighted by atomic mass is 35.5. The Morgan fingerprint density at radius 3 is 2.54 bits per heavy atom. The second-order valence-corrected chi connectivity index (χ2v) is 7.91. The summed E-state index contributed by atoms with van der Waals surface area (Å²) < 4.78 is 0. The van der Waals surface area contributed by atoms with Gasteiger partial charge >= 0.3 is 6.03 Å². The van der Waals surface area contributed by atoms with E-state index in [1.54, 1.807) is 0 Å². The molecule has 1 aromatic carbocycles. The fraction of sp³-hybridized carbons (Fsp3) is 0.619. The highest BCUT2D eigenvalue weighted by Crippen LogP contribution is 2.24. The van der Waals surface area contributed by atoms with E-state index in [0.717, 1.165) is 44.7 Å². The molecule has 3 N–H and O–H groups in total. The van der Waals surface area contributed by atoms with Gasteiger partial charge < -0.3 is 20.9 Å². The summed E-state index contributed by atoms with van der Waals surface area (Å²) in [4.78, 5) is 26.7. The number of urea groups is 1. The first-order chi connectivity index (χ1) is 13.1. The minimum atomic E-state index is -0.176. The molecule has 7 heteroatoms. The van der Waals surface area contributed by atoms with E-state index in [4.69, 9.17) is 0 Å². The molecule has 6 nitrogen and oxygen atoms in total. The van der Waals surface area contributed by atoms with Gasteiger partial charge in [0.05, 0.1) is 0 Å². The normalized spacial score (nSPS) is 21.3. The van der Waals surface area contributed by atoms with Gasteiger partial charge in [-0.25, -0.2) is 4.79 Å². The predicted molar refractivity (Wildman–Crippen MR) is 115 cm³/mol. The first-order valence-corrected chi connectivity index (χ1v) is 10.2. The second-order valence-electron chi connectivity index (χ2n) is 7.91. The molecule has 3 rings (SSSR count). The van der Waals surface area contributed by atoms with Crippen LogP contribution in [0.5, 0.6) is 0 Å². The zero-order valence-electron chi connectivity index (χ0n) is 16.7. The fourth-order valence-corrected chi connectivity index (χ4v) is 4.08. The lowest BCUT2D eigenvalue weighted by molar-refractivity contribution is -0.133. The summed E-state index contributed by atoms with van der Waals surface area (Å²) in [5.74, 6) is 1.31. The van der Waals surface area contributed by atoms with Crippen molar-refractivity contribution in [1.29, 1.82) is 0 Å². The van der Waals surface area contributed by atoms with Crippen molar-refractivity contribution in [3.05, 3.63) is 30.3 Å². The summed E-state index contributed by atoms with van der Waals surface area (Å²) in [6.45, 7) is 5.81. The van der Waals surface area contributed by atoms with E-state index in [0.29, 0.717) is 18.3 Å². The molecule has 0 bridgehead atoms. The van der Waals surface area contributed by atoms with Gasteiger partial charge in [-0.05, 0) is 62.7 Å². The van der Waals surface area contributed by atoms with Crippen LogP contribution in [0, 0.1) is 11.8 Å². The van der Waals surface area contributed by atoms with Crippen LogP contribution in [-0.2, 0) is 4.79 Å². The van der Waals surface area contributed by atoms with E-state index in [1.807, 2.05) is 35.2 Å². The van der Waals surface area contributed by atoms with E-state index >= 15 is 0 Å². The number of rotatable bonds is 5. The van der Waals surface area contributed by atoms with Crippen LogP contribution in [0.25, 0.3) is 0 Å². The highest BCUT2D eigenvalue weighted by Gasteiger charge is 2.27. The van der Waals surface area contributed by atoms with Crippen molar-refractivity contribution in [1.82, 2.24) is 15.5 Å². The number of para-hydroxylation sites is 1. The summed E-state index contributed by atoms with van der Waals surface area (Å²) in [5.41, 5.74) is 0.786. The molecule has 0 aromatic heterocycles. The molecule has 2 aliphatic heterocycles. The number of anilines is 1. The number of halogens is 1. The van der Waals surface area contributed by atoms with E-state index in [2.05, 4.69) is 22.9 Å². The molecule has 2 unspecified atom stereocenters. The summed E-state index contributed by atoms with van der Waals surface area (Å²) in [6, 6.07) is 9.38. The van der Waals surface area contributed by atoms with E-state index < -0.39 is 0 Å².